The molecule has 1 aromatic heterocycles. The molecule has 2 N–H and O–H groups in total. The molecule has 17 heavy (non-hydrogen) atoms. The highest BCUT2D eigenvalue weighted by atomic mass is 19.2. The van der Waals surface area contributed by atoms with E-state index in [0.717, 1.165) is 0 Å². The zero-order valence-corrected chi connectivity index (χ0v) is 9.32. The Balaban J connectivity index is 2.45. The van der Waals surface area contributed by atoms with Crippen LogP contribution in [-0.4, -0.2) is 4.98 Å². The average molecular weight is 234 g/mol. The molecule has 88 valence electrons. The third-order valence-corrected chi connectivity index (χ3v) is 2.71. The molecule has 0 amide bonds. The van der Waals surface area contributed by atoms with Gasteiger partial charge in [-0.15, -0.1) is 0 Å². The minimum Gasteiger partial charge on any atom is -0.320 e. The summed E-state index contributed by atoms with van der Waals surface area (Å²) in [5, 5.41) is 0. The number of rotatable bonds is 2. The van der Waals surface area contributed by atoms with Crippen LogP contribution in [0.25, 0.3) is 0 Å². The molecule has 0 saturated carbocycles. The largest absolute Gasteiger partial charge is 0.320 e. The lowest BCUT2D eigenvalue weighted by Gasteiger charge is -2.14. The monoisotopic (exact) mass is 234 g/mol. The van der Waals surface area contributed by atoms with Gasteiger partial charge in [-0.1, -0.05) is 12.1 Å². The van der Waals surface area contributed by atoms with Gasteiger partial charge in [-0.05, 0) is 30.2 Å². The summed E-state index contributed by atoms with van der Waals surface area (Å²) in [4.78, 5) is 3.85. The molecule has 0 aliphatic carbocycles. The van der Waals surface area contributed by atoms with Gasteiger partial charge in [0.2, 0.25) is 0 Å². The Labute approximate surface area is 98.1 Å². The lowest BCUT2D eigenvalue weighted by atomic mass is 9.99. The van der Waals surface area contributed by atoms with Gasteiger partial charge in [-0.25, -0.2) is 8.78 Å². The second-order valence-electron chi connectivity index (χ2n) is 3.86. The summed E-state index contributed by atoms with van der Waals surface area (Å²) in [7, 11) is 0. The van der Waals surface area contributed by atoms with E-state index in [4.69, 9.17) is 5.73 Å². The van der Waals surface area contributed by atoms with Gasteiger partial charge >= 0.3 is 0 Å². The van der Waals surface area contributed by atoms with Crippen molar-refractivity contribution in [3.8, 4) is 0 Å². The Morgan fingerprint density at radius 2 is 1.71 bits per heavy atom. The number of benzene rings is 1. The highest BCUT2D eigenvalue weighted by molar-refractivity contribution is 5.34. The average Bonchev–Trinajstić information content (AvgIpc) is 2.36. The number of aryl methyl sites for hydroxylation is 1. The van der Waals surface area contributed by atoms with Crippen molar-refractivity contribution in [3.05, 3.63) is 65.0 Å². The summed E-state index contributed by atoms with van der Waals surface area (Å²) >= 11 is 0. The first-order chi connectivity index (χ1) is 8.11. The smallest absolute Gasteiger partial charge is 0.164 e. The summed E-state index contributed by atoms with van der Waals surface area (Å²) in [6.45, 7) is 1.51. The summed E-state index contributed by atoms with van der Waals surface area (Å²) in [6, 6.07) is 5.71. The van der Waals surface area contributed by atoms with Gasteiger partial charge in [0.15, 0.2) is 11.6 Å². The van der Waals surface area contributed by atoms with Gasteiger partial charge in [-0.3, -0.25) is 4.98 Å². The summed E-state index contributed by atoms with van der Waals surface area (Å²) in [5.74, 6) is -1.72. The highest BCUT2D eigenvalue weighted by Crippen LogP contribution is 2.24. The molecule has 1 atom stereocenters. The van der Waals surface area contributed by atoms with Crippen LogP contribution in [0.15, 0.2) is 36.7 Å². The van der Waals surface area contributed by atoms with Crippen LogP contribution in [0.5, 0.6) is 0 Å². The van der Waals surface area contributed by atoms with Crippen molar-refractivity contribution in [1.29, 1.82) is 0 Å². The Hall–Kier alpha value is -1.81. The van der Waals surface area contributed by atoms with Crippen LogP contribution in [-0.2, 0) is 0 Å². The molecule has 2 aromatic rings. The van der Waals surface area contributed by atoms with Crippen molar-refractivity contribution in [2.75, 3.05) is 0 Å². The quantitative estimate of drug-likeness (QED) is 0.867. The van der Waals surface area contributed by atoms with Gasteiger partial charge in [0.05, 0.1) is 6.04 Å². The van der Waals surface area contributed by atoms with E-state index in [9.17, 15) is 8.78 Å². The normalized spacial score (nSPS) is 12.5. The molecule has 0 spiro atoms. The zero-order valence-electron chi connectivity index (χ0n) is 9.32. The molecule has 0 fully saturated rings. The lowest BCUT2D eigenvalue weighted by molar-refractivity contribution is 0.489. The van der Waals surface area contributed by atoms with Crippen molar-refractivity contribution in [1.82, 2.24) is 4.98 Å². The van der Waals surface area contributed by atoms with Crippen LogP contribution < -0.4 is 5.73 Å². The number of aromatic nitrogens is 1. The first-order valence-electron chi connectivity index (χ1n) is 5.21. The standard InChI is InChI=1S/C13H12F2N2/c1-8-2-3-10(12(15)11(8)14)13(16)9-4-6-17-7-5-9/h2-7,13H,16H2,1H3. The molecule has 0 bridgehead atoms. The topological polar surface area (TPSA) is 38.9 Å². The Morgan fingerprint density at radius 3 is 2.35 bits per heavy atom. The molecule has 0 radical (unpaired) electrons. The Kier molecular flexibility index (Phi) is 3.15. The van der Waals surface area contributed by atoms with E-state index in [1.54, 1.807) is 24.5 Å². The maximum Gasteiger partial charge on any atom is 0.164 e. The molecule has 0 aliphatic heterocycles. The highest BCUT2D eigenvalue weighted by Gasteiger charge is 2.17. The van der Waals surface area contributed by atoms with Gasteiger partial charge in [0.25, 0.3) is 0 Å². The van der Waals surface area contributed by atoms with Gasteiger partial charge in [-0.2, -0.15) is 0 Å². The summed E-state index contributed by atoms with van der Waals surface area (Å²) in [6.07, 6.45) is 3.13. The molecule has 4 heteroatoms. The van der Waals surface area contributed by atoms with Crippen LogP contribution in [0, 0.1) is 18.6 Å². The van der Waals surface area contributed by atoms with Crippen LogP contribution in [0.1, 0.15) is 22.7 Å². The molecule has 1 heterocycles. The number of hydrogen-bond donors (Lipinski definition) is 1. The molecular weight excluding hydrogens is 222 g/mol. The van der Waals surface area contributed by atoms with Crippen LogP contribution >= 0.6 is 0 Å². The summed E-state index contributed by atoms with van der Waals surface area (Å²) in [5.41, 5.74) is 7.02. The molecule has 1 unspecified atom stereocenters. The molecule has 0 saturated heterocycles. The van der Waals surface area contributed by atoms with E-state index in [-0.39, 0.29) is 11.1 Å². The number of nitrogens with two attached hydrogens (primary N) is 1. The zero-order chi connectivity index (χ0) is 12.4. The molecular formula is C13H12F2N2. The van der Waals surface area contributed by atoms with Crippen molar-refractivity contribution in [2.45, 2.75) is 13.0 Å². The first-order valence-corrected chi connectivity index (χ1v) is 5.21. The third kappa shape index (κ3) is 2.17. The fourth-order valence-electron chi connectivity index (χ4n) is 1.65. The van der Waals surface area contributed by atoms with E-state index in [1.807, 2.05) is 0 Å². The van der Waals surface area contributed by atoms with E-state index in [2.05, 4.69) is 4.98 Å². The third-order valence-electron chi connectivity index (χ3n) is 2.71. The Morgan fingerprint density at radius 1 is 1.06 bits per heavy atom. The minimum atomic E-state index is -0.880. The maximum atomic E-state index is 13.7. The van der Waals surface area contributed by atoms with Crippen molar-refractivity contribution in [2.24, 2.45) is 5.73 Å². The fraction of sp³-hybridized carbons (Fsp3) is 0.154. The number of halogens is 2. The molecule has 2 nitrogen and oxygen atoms in total. The maximum absolute atomic E-state index is 13.7. The van der Waals surface area contributed by atoms with Crippen LogP contribution in [0.4, 0.5) is 8.78 Å². The van der Waals surface area contributed by atoms with E-state index in [0.29, 0.717) is 5.56 Å². The van der Waals surface area contributed by atoms with E-state index in [1.165, 1.54) is 19.1 Å². The second kappa shape index (κ2) is 4.59. The predicted octanol–water partition coefficient (Wildman–Crippen LogP) is 2.72. The predicted molar refractivity (Wildman–Crippen MR) is 61.4 cm³/mol. The fourth-order valence-corrected chi connectivity index (χ4v) is 1.65. The van der Waals surface area contributed by atoms with Gasteiger partial charge in [0.1, 0.15) is 0 Å². The number of nitrogens with zero attached hydrogens (tertiary/aromatic N) is 1. The van der Waals surface area contributed by atoms with Crippen molar-refractivity contribution >= 4 is 0 Å². The van der Waals surface area contributed by atoms with Crippen LogP contribution in [0.3, 0.4) is 0 Å². The van der Waals surface area contributed by atoms with Gasteiger partial charge in [0, 0.05) is 18.0 Å². The van der Waals surface area contributed by atoms with E-state index < -0.39 is 17.7 Å². The number of pyridine rings is 1. The Bertz CT molecular complexity index is 526. The van der Waals surface area contributed by atoms with E-state index >= 15 is 0 Å². The van der Waals surface area contributed by atoms with Crippen molar-refractivity contribution in [3.63, 3.8) is 0 Å². The first kappa shape index (κ1) is 11.7. The molecule has 2 rings (SSSR count). The minimum absolute atomic E-state index is 0.152. The SMILES string of the molecule is Cc1ccc(C(N)c2ccncc2)c(F)c1F. The molecule has 0 aliphatic rings. The lowest BCUT2D eigenvalue weighted by Crippen LogP contribution is -2.14. The van der Waals surface area contributed by atoms with Crippen molar-refractivity contribution < 1.29 is 8.78 Å². The van der Waals surface area contributed by atoms with Crippen LogP contribution in [0.2, 0.25) is 0 Å². The second-order valence-corrected chi connectivity index (χ2v) is 3.86. The molecule has 1 aromatic carbocycles. The summed E-state index contributed by atoms with van der Waals surface area (Å²) < 4.78 is 27.2. The number of hydrogen-bond acceptors (Lipinski definition) is 2. The van der Waals surface area contributed by atoms with Gasteiger partial charge < -0.3 is 5.73 Å².